The van der Waals surface area contributed by atoms with Crippen molar-refractivity contribution in [3.63, 3.8) is 0 Å². The van der Waals surface area contributed by atoms with Gasteiger partial charge in [0, 0.05) is 23.5 Å². The Hall–Kier alpha value is -0.830. The van der Waals surface area contributed by atoms with Crippen molar-refractivity contribution < 1.29 is 0 Å². The van der Waals surface area contributed by atoms with Gasteiger partial charge in [0.2, 0.25) is 0 Å². The van der Waals surface area contributed by atoms with Gasteiger partial charge in [0.15, 0.2) is 0 Å². The van der Waals surface area contributed by atoms with Gasteiger partial charge in [-0.15, -0.1) is 0 Å². The zero-order valence-corrected chi connectivity index (χ0v) is 11.9. The highest BCUT2D eigenvalue weighted by Crippen LogP contribution is 2.19. The van der Waals surface area contributed by atoms with Gasteiger partial charge in [-0.3, -0.25) is 5.41 Å². The van der Waals surface area contributed by atoms with Crippen molar-refractivity contribution >= 4 is 21.8 Å². The molecular weight excluding hydrogens is 264 g/mol. The molecule has 0 fully saturated rings. The van der Waals surface area contributed by atoms with Crippen LogP contribution in [0, 0.1) is 10.8 Å². The predicted octanol–water partition coefficient (Wildman–Crippen LogP) is 3.90. The molecule has 1 N–H and O–H groups in total. The third-order valence-corrected chi connectivity index (χ3v) is 2.95. The number of halogens is 1. The molecule has 0 atom stereocenters. The Morgan fingerprint density at radius 3 is 2.19 bits per heavy atom. The molecule has 1 aromatic carbocycles. The van der Waals surface area contributed by atoms with Crippen molar-refractivity contribution in [3.05, 3.63) is 34.3 Å². The second-order valence-corrected chi connectivity index (χ2v) is 6.00. The van der Waals surface area contributed by atoms with E-state index in [4.69, 9.17) is 5.41 Å². The molecule has 0 heterocycles. The lowest BCUT2D eigenvalue weighted by Crippen LogP contribution is -2.35. The first-order valence-corrected chi connectivity index (χ1v) is 6.14. The molecule has 0 aromatic heterocycles. The second-order valence-electron chi connectivity index (χ2n) is 5.08. The summed E-state index contributed by atoms with van der Waals surface area (Å²) in [4.78, 5) is 1.99. The Morgan fingerprint density at radius 1 is 1.25 bits per heavy atom. The van der Waals surface area contributed by atoms with Crippen molar-refractivity contribution in [3.8, 4) is 0 Å². The van der Waals surface area contributed by atoms with Crippen molar-refractivity contribution in [2.45, 2.75) is 27.3 Å². The number of rotatable bonds is 2. The molecule has 0 unspecified atom stereocenters. The summed E-state index contributed by atoms with van der Waals surface area (Å²) in [7, 11) is 1.97. The molecule has 0 saturated carbocycles. The topological polar surface area (TPSA) is 27.1 Å². The highest BCUT2D eigenvalue weighted by Gasteiger charge is 2.20. The zero-order valence-electron chi connectivity index (χ0n) is 10.3. The maximum atomic E-state index is 8.05. The normalized spacial score (nSPS) is 11.3. The lowest BCUT2D eigenvalue weighted by atomic mass is 9.94. The van der Waals surface area contributed by atoms with Crippen LogP contribution in [0.4, 0.5) is 0 Å². The number of amidine groups is 1. The van der Waals surface area contributed by atoms with Crippen LogP contribution in [-0.2, 0) is 6.54 Å². The van der Waals surface area contributed by atoms with Gasteiger partial charge in [0.25, 0.3) is 0 Å². The fourth-order valence-electron chi connectivity index (χ4n) is 1.52. The average Bonchev–Trinajstić information content (AvgIpc) is 2.19. The van der Waals surface area contributed by atoms with Gasteiger partial charge in [-0.1, -0.05) is 48.8 Å². The molecule has 1 rings (SSSR count). The molecule has 0 amide bonds. The monoisotopic (exact) mass is 282 g/mol. The number of hydrogen-bond donors (Lipinski definition) is 1. The molecule has 0 aliphatic carbocycles. The zero-order chi connectivity index (χ0) is 12.3. The van der Waals surface area contributed by atoms with Crippen LogP contribution in [0.25, 0.3) is 0 Å². The van der Waals surface area contributed by atoms with E-state index in [1.165, 1.54) is 5.56 Å². The molecule has 88 valence electrons. The van der Waals surface area contributed by atoms with E-state index in [1.807, 2.05) is 24.1 Å². The number of nitrogens with one attached hydrogen (secondary N) is 1. The van der Waals surface area contributed by atoms with E-state index in [-0.39, 0.29) is 5.41 Å². The highest BCUT2D eigenvalue weighted by atomic mass is 79.9. The summed E-state index contributed by atoms with van der Waals surface area (Å²) in [5, 5.41) is 8.05. The van der Waals surface area contributed by atoms with E-state index >= 15 is 0 Å². The van der Waals surface area contributed by atoms with E-state index < -0.39 is 0 Å². The van der Waals surface area contributed by atoms with Crippen LogP contribution in [0.5, 0.6) is 0 Å². The van der Waals surface area contributed by atoms with Gasteiger partial charge in [0.05, 0.1) is 0 Å². The van der Waals surface area contributed by atoms with E-state index in [1.54, 1.807) is 0 Å². The molecule has 0 bridgehead atoms. The Labute approximate surface area is 106 Å². The highest BCUT2D eigenvalue weighted by molar-refractivity contribution is 9.10. The van der Waals surface area contributed by atoms with E-state index in [2.05, 4.69) is 48.8 Å². The SMILES string of the molecule is CN(Cc1ccc(Br)cc1)C(=N)C(C)(C)C. The Kier molecular flexibility index (Phi) is 4.14. The maximum absolute atomic E-state index is 8.05. The van der Waals surface area contributed by atoms with Crippen LogP contribution in [0.2, 0.25) is 0 Å². The molecule has 16 heavy (non-hydrogen) atoms. The van der Waals surface area contributed by atoms with Gasteiger partial charge >= 0.3 is 0 Å². The first-order valence-electron chi connectivity index (χ1n) is 5.35. The third-order valence-electron chi connectivity index (χ3n) is 2.43. The van der Waals surface area contributed by atoms with E-state index in [9.17, 15) is 0 Å². The Morgan fingerprint density at radius 2 is 1.75 bits per heavy atom. The number of nitrogens with zero attached hydrogens (tertiary/aromatic N) is 1. The quantitative estimate of drug-likeness (QED) is 0.646. The van der Waals surface area contributed by atoms with Crippen molar-refractivity contribution in [1.82, 2.24) is 4.90 Å². The van der Waals surface area contributed by atoms with Crippen LogP contribution in [-0.4, -0.2) is 17.8 Å². The summed E-state index contributed by atoms with van der Waals surface area (Å²) in [6, 6.07) is 8.22. The maximum Gasteiger partial charge on any atom is 0.101 e. The first kappa shape index (κ1) is 13.2. The molecular formula is C13H19BrN2. The molecule has 0 aliphatic heterocycles. The molecule has 3 heteroatoms. The van der Waals surface area contributed by atoms with Crippen molar-refractivity contribution in [2.24, 2.45) is 5.41 Å². The van der Waals surface area contributed by atoms with E-state index in [0.717, 1.165) is 11.0 Å². The third kappa shape index (κ3) is 3.63. The Balaban J connectivity index is 2.68. The van der Waals surface area contributed by atoms with Crippen molar-refractivity contribution in [2.75, 3.05) is 7.05 Å². The smallest absolute Gasteiger partial charge is 0.101 e. The Bertz CT molecular complexity index is 363. The predicted molar refractivity (Wildman–Crippen MR) is 72.8 cm³/mol. The standard InChI is InChI=1S/C13H19BrN2/c1-13(2,3)12(15)16(4)9-10-5-7-11(14)8-6-10/h5-8,15H,9H2,1-4H3. The fraction of sp³-hybridized carbons (Fsp3) is 0.462. The lowest BCUT2D eigenvalue weighted by Gasteiger charge is -2.29. The minimum Gasteiger partial charge on any atom is -0.359 e. The largest absolute Gasteiger partial charge is 0.359 e. The summed E-state index contributed by atoms with van der Waals surface area (Å²) in [5.74, 6) is 0.662. The van der Waals surface area contributed by atoms with Gasteiger partial charge in [-0.2, -0.15) is 0 Å². The molecule has 0 saturated heterocycles. The summed E-state index contributed by atoms with van der Waals surface area (Å²) in [6.07, 6.45) is 0. The number of benzene rings is 1. The second kappa shape index (κ2) is 5.00. The van der Waals surface area contributed by atoms with Gasteiger partial charge in [0.1, 0.15) is 5.84 Å². The minimum absolute atomic E-state index is 0.0931. The molecule has 2 nitrogen and oxygen atoms in total. The first-order chi connectivity index (χ1) is 7.30. The van der Waals surface area contributed by atoms with E-state index in [0.29, 0.717) is 5.84 Å². The summed E-state index contributed by atoms with van der Waals surface area (Å²) in [5.41, 5.74) is 1.13. The van der Waals surface area contributed by atoms with Crippen molar-refractivity contribution in [1.29, 1.82) is 5.41 Å². The summed E-state index contributed by atoms with van der Waals surface area (Å²) < 4.78 is 1.09. The molecule has 0 radical (unpaired) electrons. The average molecular weight is 283 g/mol. The van der Waals surface area contributed by atoms with Crippen LogP contribution >= 0.6 is 15.9 Å². The molecule has 0 aliphatic rings. The molecule has 0 spiro atoms. The molecule has 1 aromatic rings. The minimum atomic E-state index is -0.0931. The summed E-state index contributed by atoms with van der Waals surface area (Å²) >= 11 is 3.42. The van der Waals surface area contributed by atoms with Gasteiger partial charge in [-0.25, -0.2) is 0 Å². The fourth-order valence-corrected chi connectivity index (χ4v) is 1.78. The van der Waals surface area contributed by atoms with Gasteiger partial charge < -0.3 is 4.90 Å². The van der Waals surface area contributed by atoms with Crippen LogP contribution in [0.15, 0.2) is 28.7 Å². The lowest BCUT2D eigenvalue weighted by molar-refractivity contribution is 0.417. The van der Waals surface area contributed by atoms with Gasteiger partial charge in [-0.05, 0) is 17.7 Å². The van der Waals surface area contributed by atoms with Crippen LogP contribution in [0.3, 0.4) is 0 Å². The van der Waals surface area contributed by atoms with Crippen LogP contribution < -0.4 is 0 Å². The van der Waals surface area contributed by atoms with Crippen LogP contribution in [0.1, 0.15) is 26.3 Å². The summed E-state index contributed by atoms with van der Waals surface area (Å²) in [6.45, 7) is 6.97. The number of hydrogen-bond acceptors (Lipinski definition) is 1.